The Kier molecular flexibility index (Phi) is 6.05. The molecule has 0 saturated carbocycles. The van der Waals surface area contributed by atoms with Gasteiger partial charge in [-0.3, -0.25) is 0 Å². The van der Waals surface area contributed by atoms with Crippen LogP contribution in [0.15, 0.2) is 162 Å². The topological polar surface area (TPSA) is 38.9 Å². The molecule has 48 heavy (non-hydrogen) atoms. The maximum atomic E-state index is 6.54. The number of rotatable bonds is 4. The van der Waals surface area contributed by atoms with Crippen LogP contribution in [-0.4, -0.2) is 9.97 Å². The van der Waals surface area contributed by atoms with Crippen molar-refractivity contribution in [2.75, 3.05) is 0 Å². The van der Waals surface area contributed by atoms with Gasteiger partial charge in [0.25, 0.3) is 0 Å². The summed E-state index contributed by atoms with van der Waals surface area (Å²) in [6.45, 7) is 0. The Morgan fingerprint density at radius 3 is 2.00 bits per heavy atom. The highest BCUT2D eigenvalue weighted by molar-refractivity contribution is 7.26. The molecule has 0 aliphatic carbocycles. The van der Waals surface area contributed by atoms with Gasteiger partial charge in [0.05, 0.1) is 11.4 Å². The Morgan fingerprint density at radius 2 is 1.12 bits per heavy atom. The third-order valence-electron chi connectivity index (χ3n) is 9.32. The molecule has 0 atom stereocenters. The van der Waals surface area contributed by atoms with Crippen LogP contribution in [0.5, 0.6) is 0 Å². The first kappa shape index (κ1) is 27.1. The van der Waals surface area contributed by atoms with Crippen LogP contribution in [-0.2, 0) is 0 Å². The molecule has 224 valence electrons. The lowest BCUT2D eigenvalue weighted by molar-refractivity contribution is 0.670. The molecule has 10 aromatic rings. The highest BCUT2D eigenvalue weighted by atomic mass is 32.1. The number of para-hydroxylation sites is 2. The van der Waals surface area contributed by atoms with E-state index in [-0.39, 0.29) is 0 Å². The number of hydrogen-bond acceptors (Lipinski definition) is 4. The van der Waals surface area contributed by atoms with Gasteiger partial charge in [-0.25, -0.2) is 9.97 Å². The minimum atomic E-state index is 0.685. The number of thiophene rings is 1. The maximum Gasteiger partial charge on any atom is 0.161 e. The summed E-state index contributed by atoms with van der Waals surface area (Å²) < 4.78 is 9.03. The van der Waals surface area contributed by atoms with Gasteiger partial charge in [-0.15, -0.1) is 11.3 Å². The fourth-order valence-electron chi connectivity index (χ4n) is 7.10. The standard InChI is InChI=1S/C44H26N2OS/c1-2-12-27(13-3-1)30-25-24-28-14-4-5-15-29(28)41(30)44-45-37(35-20-10-18-33-31-16-6-8-22-39(31)47-42(33)35)26-38(46-44)36-21-11-19-34-32-17-7-9-23-40(32)48-43(34)36/h1-26H. The molecular weight excluding hydrogens is 605 g/mol. The van der Waals surface area contributed by atoms with Crippen molar-refractivity contribution in [1.82, 2.24) is 9.97 Å². The lowest BCUT2D eigenvalue weighted by Crippen LogP contribution is -1.98. The van der Waals surface area contributed by atoms with Crippen LogP contribution in [0, 0.1) is 0 Å². The van der Waals surface area contributed by atoms with Crippen LogP contribution >= 0.6 is 11.3 Å². The molecule has 0 unspecified atom stereocenters. The van der Waals surface area contributed by atoms with E-state index in [1.165, 1.54) is 20.2 Å². The van der Waals surface area contributed by atoms with E-state index in [1.807, 2.05) is 23.5 Å². The van der Waals surface area contributed by atoms with E-state index in [0.717, 1.165) is 71.9 Å². The lowest BCUT2D eigenvalue weighted by atomic mass is 9.93. The van der Waals surface area contributed by atoms with Gasteiger partial charge in [0.15, 0.2) is 5.82 Å². The number of furan rings is 1. The van der Waals surface area contributed by atoms with E-state index in [4.69, 9.17) is 14.4 Å². The number of fused-ring (bicyclic) bond motifs is 7. The number of benzene rings is 7. The highest BCUT2D eigenvalue weighted by Gasteiger charge is 2.21. The Labute approximate surface area is 280 Å². The summed E-state index contributed by atoms with van der Waals surface area (Å²) in [4.78, 5) is 10.9. The molecule has 0 aliphatic rings. The van der Waals surface area contributed by atoms with Crippen LogP contribution in [0.25, 0.3) is 97.9 Å². The van der Waals surface area contributed by atoms with Crippen molar-refractivity contribution in [3.8, 4) is 45.0 Å². The van der Waals surface area contributed by atoms with Crippen molar-refractivity contribution >= 4 is 64.2 Å². The molecular formula is C44H26N2OS. The molecule has 7 aromatic carbocycles. The molecule has 10 rings (SSSR count). The van der Waals surface area contributed by atoms with E-state index in [1.54, 1.807) is 0 Å². The molecule has 0 N–H and O–H groups in total. The second-order valence-electron chi connectivity index (χ2n) is 12.1. The average molecular weight is 631 g/mol. The minimum Gasteiger partial charge on any atom is -0.455 e. The van der Waals surface area contributed by atoms with E-state index < -0.39 is 0 Å². The molecule has 0 spiro atoms. The highest BCUT2D eigenvalue weighted by Crippen LogP contribution is 2.43. The summed E-state index contributed by atoms with van der Waals surface area (Å²) in [5.74, 6) is 0.685. The zero-order valence-electron chi connectivity index (χ0n) is 25.7. The van der Waals surface area contributed by atoms with Crippen molar-refractivity contribution in [3.63, 3.8) is 0 Å². The van der Waals surface area contributed by atoms with Crippen molar-refractivity contribution in [2.45, 2.75) is 0 Å². The summed E-state index contributed by atoms with van der Waals surface area (Å²) in [6.07, 6.45) is 0. The molecule has 4 heteroatoms. The quantitative estimate of drug-likeness (QED) is 0.194. The minimum absolute atomic E-state index is 0.685. The van der Waals surface area contributed by atoms with Gasteiger partial charge in [-0.05, 0) is 46.2 Å². The fourth-order valence-corrected chi connectivity index (χ4v) is 8.33. The SMILES string of the molecule is c1ccc(-c2ccc3ccccc3c2-c2nc(-c3cccc4c3oc3ccccc34)cc(-c3cccc4c3sc3ccccc34)n2)cc1. The zero-order valence-corrected chi connectivity index (χ0v) is 26.5. The van der Waals surface area contributed by atoms with Gasteiger partial charge in [-0.1, -0.05) is 133 Å². The second-order valence-corrected chi connectivity index (χ2v) is 13.2. The van der Waals surface area contributed by atoms with Gasteiger partial charge < -0.3 is 4.42 Å². The van der Waals surface area contributed by atoms with E-state index in [2.05, 4.69) is 146 Å². The second kappa shape index (κ2) is 10.7. The summed E-state index contributed by atoms with van der Waals surface area (Å²) in [5.41, 5.74) is 8.68. The molecule has 3 heterocycles. The molecule has 3 aromatic heterocycles. The molecule has 0 amide bonds. The average Bonchev–Trinajstić information content (AvgIpc) is 3.73. The van der Waals surface area contributed by atoms with Crippen LogP contribution in [0.1, 0.15) is 0 Å². The number of hydrogen-bond donors (Lipinski definition) is 0. The zero-order chi connectivity index (χ0) is 31.6. The van der Waals surface area contributed by atoms with Crippen LogP contribution in [0.3, 0.4) is 0 Å². The lowest BCUT2D eigenvalue weighted by Gasteiger charge is -2.15. The molecule has 0 fully saturated rings. The molecule has 3 nitrogen and oxygen atoms in total. The summed E-state index contributed by atoms with van der Waals surface area (Å²) >= 11 is 1.82. The monoisotopic (exact) mass is 630 g/mol. The molecule has 0 radical (unpaired) electrons. The van der Waals surface area contributed by atoms with Gasteiger partial charge in [0.1, 0.15) is 11.2 Å². The van der Waals surface area contributed by atoms with Gasteiger partial charge in [0.2, 0.25) is 0 Å². The van der Waals surface area contributed by atoms with Crippen molar-refractivity contribution in [1.29, 1.82) is 0 Å². The molecule has 0 saturated heterocycles. The summed E-state index contributed by atoms with van der Waals surface area (Å²) in [7, 11) is 0. The molecule has 0 bridgehead atoms. The van der Waals surface area contributed by atoms with Crippen molar-refractivity contribution < 1.29 is 4.42 Å². The first-order valence-corrected chi connectivity index (χ1v) is 16.9. The predicted molar refractivity (Wildman–Crippen MR) is 201 cm³/mol. The summed E-state index contributed by atoms with van der Waals surface area (Å²) in [5, 5.41) is 6.94. The van der Waals surface area contributed by atoms with Crippen LogP contribution < -0.4 is 0 Å². The normalized spacial score (nSPS) is 11.8. The van der Waals surface area contributed by atoms with E-state index in [9.17, 15) is 0 Å². The molecule has 0 aliphatic heterocycles. The first-order valence-electron chi connectivity index (χ1n) is 16.1. The number of nitrogens with zero attached hydrogens (tertiary/aromatic N) is 2. The van der Waals surface area contributed by atoms with Gasteiger partial charge in [0, 0.05) is 47.6 Å². The van der Waals surface area contributed by atoms with Gasteiger partial charge >= 0.3 is 0 Å². The Balaban J connectivity index is 1.32. The maximum absolute atomic E-state index is 6.54. The van der Waals surface area contributed by atoms with Crippen LogP contribution in [0.2, 0.25) is 0 Å². The largest absolute Gasteiger partial charge is 0.455 e. The third-order valence-corrected chi connectivity index (χ3v) is 10.5. The smallest absolute Gasteiger partial charge is 0.161 e. The van der Waals surface area contributed by atoms with Crippen LogP contribution in [0.4, 0.5) is 0 Å². The third kappa shape index (κ3) is 4.20. The number of aromatic nitrogens is 2. The Morgan fingerprint density at radius 1 is 0.458 bits per heavy atom. The predicted octanol–water partition coefficient (Wildman–Crippen LogP) is 12.6. The van der Waals surface area contributed by atoms with Gasteiger partial charge in [-0.2, -0.15) is 0 Å². The first-order chi connectivity index (χ1) is 23.8. The van der Waals surface area contributed by atoms with E-state index in [0.29, 0.717) is 5.82 Å². The Bertz CT molecular complexity index is 2720. The van der Waals surface area contributed by atoms with E-state index >= 15 is 0 Å². The summed E-state index contributed by atoms with van der Waals surface area (Å²) in [6, 6.07) is 55.3. The van der Waals surface area contributed by atoms with Crippen molar-refractivity contribution in [2.24, 2.45) is 0 Å². The van der Waals surface area contributed by atoms with Crippen molar-refractivity contribution in [3.05, 3.63) is 158 Å². The fraction of sp³-hybridized carbons (Fsp3) is 0. The Hall–Kier alpha value is -6.10.